The molecule has 0 aromatic heterocycles. The summed E-state index contributed by atoms with van der Waals surface area (Å²) in [5.74, 6) is 0.638. The van der Waals surface area contributed by atoms with E-state index in [1.807, 2.05) is 25.2 Å². The van der Waals surface area contributed by atoms with Crippen LogP contribution in [0.15, 0.2) is 30.3 Å². The third-order valence-electron chi connectivity index (χ3n) is 2.67. The topological polar surface area (TPSA) is 3.24 Å². The zero-order valence-corrected chi connectivity index (χ0v) is 10.7. The molecule has 0 saturated carbocycles. The Hall–Kier alpha value is -0.240. The first-order valence-electron chi connectivity index (χ1n) is 5.12. The molecule has 0 amide bonds. The van der Waals surface area contributed by atoms with Crippen LogP contribution in [0.25, 0.3) is 0 Å². The van der Waals surface area contributed by atoms with E-state index < -0.39 is 0 Å². The molecule has 0 saturated heterocycles. The van der Waals surface area contributed by atoms with Crippen LogP contribution in [0.3, 0.4) is 0 Å². The molecule has 84 valence electrons. The second-order valence-electron chi connectivity index (χ2n) is 3.72. The molecule has 2 atom stereocenters. The third-order valence-corrected chi connectivity index (χ3v) is 3.46. The summed E-state index contributed by atoms with van der Waals surface area (Å²) in [6.07, 6.45) is 0. The number of hydrogen-bond donors (Lipinski definition) is 0. The largest absolute Gasteiger partial charge is 0.301 e. The Labute approximate surface area is 102 Å². The van der Waals surface area contributed by atoms with Crippen LogP contribution in [-0.4, -0.2) is 30.4 Å². The first kappa shape index (κ1) is 12.8. The van der Waals surface area contributed by atoms with E-state index in [0.717, 1.165) is 12.1 Å². The second kappa shape index (κ2) is 6.37. The molecule has 3 heteroatoms. The van der Waals surface area contributed by atoms with Gasteiger partial charge in [-0.05, 0) is 19.5 Å². The van der Waals surface area contributed by atoms with Crippen molar-refractivity contribution in [3.63, 3.8) is 0 Å². The highest BCUT2D eigenvalue weighted by molar-refractivity contribution is 6.21. The van der Waals surface area contributed by atoms with Crippen molar-refractivity contribution in [3.8, 4) is 0 Å². The normalized spacial score (nSPS) is 15.3. The highest BCUT2D eigenvalue weighted by atomic mass is 35.5. The first-order chi connectivity index (χ1) is 7.16. The Balaban J connectivity index is 2.64. The molecule has 0 bridgehead atoms. The minimum absolute atomic E-state index is 0.0133. The van der Waals surface area contributed by atoms with Gasteiger partial charge in [0.15, 0.2) is 0 Å². The van der Waals surface area contributed by atoms with Gasteiger partial charge in [-0.25, -0.2) is 0 Å². The van der Waals surface area contributed by atoms with Crippen LogP contribution in [0.1, 0.15) is 17.9 Å². The summed E-state index contributed by atoms with van der Waals surface area (Å²) >= 11 is 12.1. The Bertz CT molecular complexity index is 276. The quantitative estimate of drug-likeness (QED) is 0.718. The Morgan fingerprint density at radius 3 is 2.40 bits per heavy atom. The average molecular weight is 246 g/mol. The van der Waals surface area contributed by atoms with Crippen LogP contribution in [0.5, 0.6) is 0 Å². The van der Waals surface area contributed by atoms with Crippen LogP contribution >= 0.6 is 23.2 Å². The fourth-order valence-corrected chi connectivity index (χ4v) is 2.08. The molecular formula is C12H17Cl2N. The van der Waals surface area contributed by atoms with Gasteiger partial charge in [0.2, 0.25) is 0 Å². The maximum Gasteiger partial charge on any atom is 0.0737 e. The van der Waals surface area contributed by atoms with Crippen molar-refractivity contribution in [1.29, 1.82) is 0 Å². The Morgan fingerprint density at radius 1 is 1.27 bits per heavy atom. The summed E-state index contributed by atoms with van der Waals surface area (Å²) in [6.45, 7) is 2.98. The predicted octanol–water partition coefficient (Wildman–Crippen LogP) is 3.53. The van der Waals surface area contributed by atoms with Gasteiger partial charge >= 0.3 is 0 Å². The number of nitrogens with zero attached hydrogens (tertiary/aromatic N) is 1. The Morgan fingerprint density at radius 2 is 1.87 bits per heavy atom. The minimum Gasteiger partial charge on any atom is -0.301 e. The smallest absolute Gasteiger partial charge is 0.0737 e. The molecule has 1 aromatic rings. The number of rotatable bonds is 5. The van der Waals surface area contributed by atoms with Crippen molar-refractivity contribution in [2.45, 2.75) is 18.3 Å². The van der Waals surface area contributed by atoms with E-state index in [1.54, 1.807) is 0 Å². The summed E-state index contributed by atoms with van der Waals surface area (Å²) in [4.78, 5) is 2.18. The highest BCUT2D eigenvalue weighted by Gasteiger charge is 2.19. The molecule has 1 aromatic carbocycles. The van der Waals surface area contributed by atoms with Crippen LogP contribution in [0.4, 0.5) is 0 Å². The van der Waals surface area contributed by atoms with Gasteiger partial charge in [-0.3, -0.25) is 0 Å². The van der Waals surface area contributed by atoms with Gasteiger partial charge in [-0.2, -0.15) is 0 Å². The lowest BCUT2D eigenvalue weighted by Crippen LogP contribution is -2.33. The van der Waals surface area contributed by atoms with Crippen molar-refractivity contribution < 1.29 is 0 Å². The summed E-state index contributed by atoms with van der Waals surface area (Å²) in [7, 11) is 2.05. The van der Waals surface area contributed by atoms with Gasteiger partial charge in [0.25, 0.3) is 0 Å². The van der Waals surface area contributed by atoms with E-state index in [-0.39, 0.29) is 11.4 Å². The lowest BCUT2D eigenvalue weighted by molar-refractivity contribution is 0.266. The van der Waals surface area contributed by atoms with Crippen molar-refractivity contribution in [2.75, 3.05) is 19.5 Å². The lowest BCUT2D eigenvalue weighted by Gasteiger charge is -2.28. The molecule has 0 aliphatic rings. The standard InChI is InChI=1S/C12H17Cl2N/c1-10(15(2)9-8-13)12(14)11-6-4-3-5-7-11/h3-7,10,12H,8-9H2,1-2H3/t10-,12-/m1/s1. The van der Waals surface area contributed by atoms with Crippen molar-refractivity contribution in [1.82, 2.24) is 4.90 Å². The number of halogens is 2. The molecule has 15 heavy (non-hydrogen) atoms. The molecular weight excluding hydrogens is 229 g/mol. The van der Waals surface area contributed by atoms with E-state index in [1.165, 1.54) is 0 Å². The molecule has 0 aliphatic carbocycles. The fourth-order valence-electron chi connectivity index (χ4n) is 1.48. The molecule has 0 radical (unpaired) electrons. The van der Waals surface area contributed by atoms with E-state index in [2.05, 4.69) is 24.0 Å². The summed E-state index contributed by atoms with van der Waals surface area (Å²) in [6, 6.07) is 10.4. The first-order valence-corrected chi connectivity index (χ1v) is 6.09. The highest BCUT2D eigenvalue weighted by Crippen LogP contribution is 2.26. The number of alkyl halides is 2. The molecule has 0 fully saturated rings. The molecule has 1 nitrogen and oxygen atoms in total. The molecule has 0 aliphatic heterocycles. The number of likely N-dealkylation sites (N-methyl/N-ethyl adjacent to an activating group) is 1. The lowest BCUT2D eigenvalue weighted by atomic mass is 10.1. The van der Waals surface area contributed by atoms with Crippen molar-refractivity contribution in [3.05, 3.63) is 35.9 Å². The zero-order valence-electron chi connectivity index (χ0n) is 9.16. The Kier molecular flexibility index (Phi) is 5.44. The molecule has 0 N–H and O–H groups in total. The van der Waals surface area contributed by atoms with Gasteiger partial charge in [0.05, 0.1) is 5.38 Å². The van der Waals surface area contributed by atoms with Crippen LogP contribution in [0.2, 0.25) is 0 Å². The third kappa shape index (κ3) is 3.67. The molecule has 0 unspecified atom stereocenters. The van der Waals surface area contributed by atoms with Crippen LogP contribution in [-0.2, 0) is 0 Å². The number of hydrogen-bond acceptors (Lipinski definition) is 1. The summed E-state index contributed by atoms with van der Waals surface area (Å²) in [5.41, 5.74) is 1.16. The van der Waals surface area contributed by atoms with Gasteiger partial charge < -0.3 is 4.90 Å². The predicted molar refractivity (Wildman–Crippen MR) is 67.8 cm³/mol. The maximum absolute atomic E-state index is 6.40. The average Bonchev–Trinajstić information content (AvgIpc) is 2.28. The fraction of sp³-hybridized carbons (Fsp3) is 0.500. The molecule has 1 rings (SSSR count). The number of benzene rings is 1. The van der Waals surface area contributed by atoms with Gasteiger partial charge in [0.1, 0.15) is 0 Å². The van der Waals surface area contributed by atoms with E-state index in [0.29, 0.717) is 5.88 Å². The van der Waals surface area contributed by atoms with Crippen LogP contribution < -0.4 is 0 Å². The van der Waals surface area contributed by atoms with Gasteiger partial charge in [-0.15, -0.1) is 23.2 Å². The van der Waals surface area contributed by atoms with Gasteiger partial charge in [-0.1, -0.05) is 30.3 Å². The summed E-state index contributed by atoms with van der Waals surface area (Å²) < 4.78 is 0. The molecule has 0 heterocycles. The SMILES string of the molecule is C[C@H]([C@@H](Cl)c1ccccc1)N(C)CCCl. The van der Waals surface area contributed by atoms with Gasteiger partial charge in [0, 0.05) is 18.5 Å². The monoisotopic (exact) mass is 245 g/mol. The van der Waals surface area contributed by atoms with Crippen molar-refractivity contribution >= 4 is 23.2 Å². The van der Waals surface area contributed by atoms with E-state index >= 15 is 0 Å². The summed E-state index contributed by atoms with van der Waals surface area (Å²) in [5, 5.41) is 0.0133. The van der Waals surface area contributed by atoms with Crippen LogP contribution in [0, 0.1) is 0 Å². The van der Waals surface area contributed by atoms with E-state index in [4.69, 9.17) is 23.2 Å². The van der Waals surface area contributed by atoms with Crippen molar-refractivity contribution in [2.24, 2.45) is 0 Å². The maximum atomic E-state index is 6.40. The van der Waals surface area contributed by atoms with E-state index in [9.17, 15) is 0 Å². The molecule has 0 spiro atoms. The second-order valence-corrected chi connectivity index (χ2v) is 4.57. The minimum atomic E-state index is 0.0133. The zero-order chi connectivity index (χ0) is 11.3.